The standard InChI is InChI=1S/C27H19N3O3S2/c31-25(17-34-27-29-22-13-4-6-15-24(22)35-27)30-28-16-19-9-2-5-14-23(19)33-26(32)21-12-7-10-18-8-1-3-11-20(18)21/h1-16H,17H2,(H,30,31)/b28-16-. The molecule has 0 atom stereocenters. The number of rotatable bonds is 7. The molecule has 8 heteroatoms. The number of amides is 1. The number of carbonyl (C=O) groups is 2. The molecule has 1 amide bonds. The van der Waals surface area contributed by atoms with Gasteiger partial charge in [-0.25, -0.2) is 15.2 Å². The van der Waals surface area contributed by atoms with Gasteiger partial charge in [-0.3, -0.25) is 4.79 Å². The molecule has 0 spiro atoms. The van der Waals surface area contributed by atoms with Crippen molar-refractivity contribution in [2.75, 3.05) is 5.75 Å². The smallest absolute Gasteiger partial charge is 0.344 e. The van der Waals surface area contributed by atoms with Gasteiger partial charge < -0.3 is 4.74 Å². The molecular formula is C27H19N3O3S2. The molecule has 35 heavy (non-hydrogen) atoms. The minimum atomic E-state index is -0.459. The van der Waals surface area contributed by atoms with Crippen LogP contribution < -0.4 is 10.2 Å². The lowest BCUT2D eigenvalue weighted by Crippen LogP contribution is -2.19. The van der Waals surface area contributed by atoms with Crippen molar-refractivity contribution < 1.29 is 14.3 Å². The van der Waals surface area contributed by atoms with E-state index in [0.717, 1.165) is 25.3 Å². The van der Waals surface area contributed by atoms with Crippen LogP contribution in [0.4, 0.5) is 0 Å². The summed E-state index contributed by atoms with van der Waals surface area (Å²) in [7, 11) is 0. The van der Waals surface area contributed by atoms with Gasteiger partial charge in [-0.15, -0.1) is 11.3 Å². The first-order valence-corrected chi connectivity index (χ1v) is 12.6. The van der Waals surface area contributed by atoms with Crippen LogP contribution in [0.2, 0.25) is 0 Å². The molecule has 5 aromatic rings. The van der Waals surface area contributed by atoms with Crippen molar-refractivity contribution in [1.29, 1.82) is 0 Å². The first kappa shape index (κ1) is 22.8. The Balaban J connectivity index is 1.22. The van der Waals surface area contributed by atoms with Crippen LogP contribution in [0.5, 0.6) is 5.75 Å². The van der Waals surface area contributed by atoms with Crippen LogP contribution in [0.3, 0.4) is 0 Å². The number of thioether (sulfide) groups is 1. The van der Waals surface area contributed by atoms with E-state index < -0.39 is 5.97 Å². The van der Waals surface area contributed by atoms with E-state index in [1.54, 1.807) is 41.7 Å². The van der Waals surface area contributed by atoms with Crippen LogP contribution in [-0.4, -0.2) is 28.8 Å². The molecule has 0 saturated heterocycles. The van der Waals surface area contributed by atoms with E-state index in [9.17, 15) is 9.59 Å². The molecular weight excluding hydrogens is 478 g/mol. The van der Waals surface area contributed by atoms with E-state index in [-0.39, 0.29) is 11.7 Å². The van der Waals surface area contributed by atoms with Crippen LogP contribution in [0, 0.1) is 0 Å². The molecule has 6 nitrogen and oxygen atoms in total. The fourth-order valence-electron chi connectivity index (χ4n) is 3.48. The molecule has 5 rings (SSSR count). The Hall–Kier alpha value is -4.01. The SMILES string of the molecule is O=C(CSc1nc2ccccc2s1)N/N=C\c1ccccc1OC(=O)c1cccc2ccccc12. The third kappa shape index (κ3) is 5.40. The van der Waals surface area contributed by atoms with Gasteiger partial charge >= 0.3 is 5.97 Å². The molecule has 0 radical (unpaired) electrons. The maximum atomic E-state index is 12.9. The summed E-state index contributed by atoms with van der Waals surface area (Å²) in [6.07, 6.45) is 1.46. The van der Waals surface area contributed by atoms with E-state index in [1.807, 2.05) is 60.7 Å². The highest BCUT2D eigenvalue weighted by Crippen LogP contribution is 2.29. The Kier molecular flexibility index (Phi) is 6.83. The number of fused-ring (bicyclic) bond motifs is 2. The van der Waals surface area contributed by atoms with Crippen LogP contribution in [0.25, 0.3) is 21.0 Å². The molecule has 4 aromatic carbocycles. The highest BCUT2D eigenvalue weighted by Gasteiger charge is 2.14. The van der Waals surface area contributed by atoms with Crippen molar-refractivity contribution in [3.8, 4) is 5.75 Å². The first-order valence-electron chi connectivity index (χ1n) is 10.8. The third-order valence-electron chi connectivity index (χ3n) is 5.13. The summed E-state index contributed by atoms with van der Waals surface area (Å²) in [5.41, 5.74) is 4.49. The minimum absolute atomic E-state index is 0.189. The molecule has 0 fully saturated rings. The van der Waals surface area contributed by atoms with E-state index >= 15 is 0 Å². The van der Waals surface area contributed by atoms with Crippen molar-refractivity contribution >= 4 is 62.2 Å². The molecule has 0 saturated carbocycles. The lowest BCUT2D eigenvalue weighted by atomic mass is 10.0. The average Bonchev–Trinajstić information content (AvgIpc) is 3.31. The zero-order valence-electron chi connectivity index (χ0n) is 18.4. The molecule has 0 aliphatic rings. The number of carbonyl (C=O) groups excluding carboxylic acids is 2. The van der Waals surface area contributed by atoms with Gasteiger partial charge in [0.05, 0.1) is 27.7 Å². The number of para-hydroxylation sites is 2. The number of hydrogen-bond donors (Lipinski definition) is 1. The molecule has 1 heterocycles. The van der Waals surface area contributed by atoms with Gasteiger partial charge in [0.25, 0.3) is 5.91 Å². The Bertz CT molecular complexity index is 1520. The average molecular weight is 498 g/mol. The molecule has 0 aliphatic carbocycles. The summed E-state index contributed by atoms with van der Waals surface area (Å²) >= 11 is 2.91. The fraction of sp³-hybridized carbons (Fsp3) is 0.0370. The predicted molar refractivity (Wildman–Crippen MR) is 141 cm³/mol. The lowest BCUT2D eigenvalue weighted by molar-refractivity contribution is -0.118. The predicted octanol–water partition coefficient (Wildman–Crippen LogP) is 5.91. The molecule has 172 valence electrons. The van der Waals surface area contributed by atoms with Crippen molar-refractivity contribution in [3.05, 3.63) is 102 Å². The maximum Gasteiger partial charge on any atom is 0.344 e. The summed E-state index contributed by atoms with van der Waals surface area (Å²) in [5.74, 6) is -0.170. The quantitative estimate of drug-likeness (QED) is 0.0994. The van der Waals surface area contributed by atoms with Crippen molar-refractivity contribution in [1.82, 2.24) is 10.4 Å². The molecule has 1 aromatic heterocycles. The second kappa shape index (κ2) is 10.5. The van der Waals surface area contributed by atoms with Gasteiger partial charge in [0.15, 0.2) is 4.34 Å². The monoisotopic (exact) mass is 497 g/mol. The molecule has 1 N–H and O–H groups in total. The summed E-state index contributed by atoms with van der Waals surface area (Å²) < 4.78 is 7.59. The van der Waals surface area contributed by atoms with Crippen LogP contribution in [-0.2, 0) is 4.79 Å². The van der Waals surface area contributed by atoms with Crippen LogP contribution in [0.15, 0.2) is 100 Å². The maximum absolute atomic E-state index is 12.9. The number of nitrogens with zero attached hydrogens (tertiary/aromatic N) is 2. The Morgan fingerprint density at radius 3 is 2.63 bits per heavy atom. The van der Waals surface area contributed by atoms with E-state index in [2.05, 4.69) is 15.5 Å². The lowest BCUT2D eigenvalue weighted by Gasteiger charge is -2.09. The number of aromatic nitrogens is 1. The first-order chi connectivity index (χ1) is 17.2. The van der Waals surface area contributed by atoms with Crippen LogP contribution >= 0.6 is 23.1 Å². The Morgan fingerprint density at radius 1 is 0.943 bits per heavy atom. The molecule has 0 aliphatic heterocycles. The fourth-order valence-corrected chi connectivity index (χ4v) is 5.35. The van der Waals surface area contributed by atoms with E-state index in [0.29, 0.717) is 16.9 Å². The number of esters is 1. The topological polar surface area (TPSA) is 80.7 Å². The van der Waals surface area contributed by atoms with Crippen molar-refractivity contribution in [2.45, 2.75) is 4.34 Å². The summed E-state index contributed by atoms with van der Waals surface area (Å²) in [4.78, 5) is 29.7. The van der Waals surface area contributed by atoms with E-state index in [4.69, 9.17) is 4.74 Å². The van der Waals surface area contributed by atoms with Gasteiger partial charge in [0.1, 0.15) is 5.75 Å². The second-order valence-electron chi connectivity index (χ2n) is 7.48. The van der Waals surface area contributed by atoms with Gasteiger partial charge in [-0.05, 0) is 41.1 Å². The molecule has 0 unspecified atom stereocenters. The van der Waals surface area contributed by atoms with Crippen molar-refractivity contribution in [3.63, 3.8) is 0 Å². The number of ether oxygens (including phenoxy) is 1. The largest absolute Gasteiger partial charge is 0.422 e. The highest BCUT2D eigenvalue weighted by atomic mass is 32.2. The van der Waals surface area contributed by atoms with Crippen LogP contribution in [0.1, 0.15) is 15.9 Å². The summed E-state index contributed by atoms with van der Waals surface area (Å²) in [6.45, 7) is 0. The zero-order valence-corrected chi connectivity index (χ0v) is 20.0. The minimum Gasteiger partial charge on any atom is -0.422 e. The van der Waals surface area contributed by atoms with Gasteiger partial charge in [0, 0.05) is 5.56 Å². The van der Waals surface area contributed by atoms with E-state index in [1.165, 1.54) is 18.0 Å². The third-order valence-corrected chi connectivity index (χ3v) is 7.30. The highest BCUT2D eigenvalue weighted by molar-refractivity contribution is 8.01. The Labute approximate surface area is 209 Å². The number of hydrogen-bond acceptors (Lipinski definition) is 7. The second-order valence-corrected chi connectivity index (χ2v) is 9.74. The molecule has 0 bridgehead atoms. The normalized spacial score (nSPS) is 11.2. The summed E-state index contributed by atoms with van der Waals surface area (Å²) in [5, 5.41) is 5.83. The number of thiazole rings is 1. The zero-order chi connectivity index (χ0) is 24.0. The number of hydrazone groups is 1. The van der Waals surface area contributed by atoms with Crippen molar-refractivity contribution in [2.24, 2.45) is 5.10 Å². The Morgan fingerprint density at radius 2 is 1.71 bits per heavy atom. The van der Waals surface area contributed by atoms with Gasteiger partial charge in [0.2, 0.25) is 0 Å². The number of nitrogens with one attached hydrogen (secondary N) is 1. The van der Waals surface area contributed by atoms with Gasteiger partial charge in [-0.2, -0.15) is 5.10 Å². The summed E-state index contributed by atoms with van der Waals surface area (Å²) in [6, 6.07) is 28.1. The number of benzene rings is 4. The van der Waals surface area contributed by atoms with Gasteiger partial charge in [-0.1, -0.05) is 72.4 Å².